The highest BCUT2D eigenvalue weighted by molar-refractivity contribution is 5.70. The number of aliphatic carboxylic acids is 1. The third kappa shape index (κ3) is 3.94. The third-order valence-electron chi connectivity index (χ3n) is 4.13. The van der Waals surface area contributed by atoms with Crippen molar-refractivity contribution in [3.63, 3.8) is 0 Å². The molecule has 116 valence electrons. The number of para-hydroxylation sites is 1. The lowest BCUT2D eigenvalue weighted by molar-refractivity contribution is -0.144. The molecular formula is C16H22FNO3. The number of rotatable bonds is 6. The van der Waals surface area contributed by atoms with Gasteiger partial charge in [0, 0.05) is 12.6 Å². The topological polar surface area (TPSA) is 49.8 Å². The van der Waals surface area contributed by atoms with Crippen molar-refractivity contribution < 1.29 is 19.0 Å². The number of benzene rings is 1. The van der Waals surface area contributed by atoms with E-state index in [1.807, 2.05) is 0 Å². The first-order chi connectivity index (χ1) is 9.99. The molecule has 5 heteroatoms. The standard InChI is InChI=1S/C16H22FNO3/c1-11(2)18-8-7-12(9-18)13(16(19)20)10-21-15-6-4-3-5-14(15)17/h3-6,11-13H,7-10H2,1-2H3,(H,19,20). The van der Waals surface area contributed by atoms with E-state index in [0.717, 1.165) is 19.5 Å². The normalized spacial score (nSPS) is 20.7. The summed E-state index contributed by atoms with van der Waals surface area (Å²) in [5.74, 6) is -1.77. The number of likely N-dealkylation sites (tertiary alicyclic amines) is 1. The molecule has 0 aromatic heterocycles. The highest BCUT2D eigenvalue weighted by atomic mass is 19.1. The van der Waals surface area contributed by atoms with Crippen LogP contribution in [0.4, 0.5) is 4.39 Å². The molecule has 1 N–H and O–H groups in total. The molecule has 0 amide bonds. The van der Waals surface area contributed by atoms with Crippen LogP contribution in [0.25, 0.3) is 0 Å². The molecule has 0 spiro atoms. The molecule has 1 saturated heterocycles. The zero-order valence-corrected chi connectivity index (χ0v) is 12.5. The van der Waals surface area contributed by atoms with Crippen molar-refractivity contribution in [1.82, 2.24) is 4.90 Å². The van der Waals surface area contributed by atoms with Crippen molar-refractivity contribution in [2.45, 2.75) is 26.3 Å². The lowest BCUT2D eigenvalue weighted by Gasteiger charge is -2.23. The summed E-state index contributed by atoms with van der Waals surface area (Å²) in [6.07, 6.45) is 0.843. The van der Waals surface area contributed by atoms with Gasteiger partial charge < -0.3 is 14.7 Å². The summed E-state index contributed by atoms with van der Waals surface area (Å²) in [7, 11) is 0. The van der Waals surface area contributed by atoms with Gasteiger partial charge in [-0.25, -0.2) is 4.39 Å². The van der Waals surface area contributed by atoms with Crippen LogP contribution in [0.15, 0.2) is 24.3 Å². The van der Waals surface area contributed by atoms with E-state index in [9.17, 15) is 14.3 Å². The van der Waals surface area contributed by atoms with Crippen LogP contribution in [-0.4, -0.2) is 41.7 Å². The lowest BCUT2D eigenvalue weighted by Crippen LogP contribution is -2.34. The van der Waals surface area contributed by atoms with Gasteiger partial charge in [-0.05, 0) is 44.9 Å². The van der Waals surface area contributed by atoms with E-state index in [-0.39, 0.29) is 18.3 Å². The zero-order valence-electron chi connectivity index (χ0n) is 12.5. The monoisotopic (exact) mass is 295 g/mol. The molecule has 1 fully saturated rings. The average Bonchev–Trinajstić information content (AvgIpc) is 2.90. The molecule has 1 aromatic rings. The molecule has 1 aromatic carbocycles. The number of hydrogen-bond donors (Lipinski definition) is 1. The largest absolute Gasteiger partial charge is 0.490 e. The fourth-order valence-corrected chi connectivity index (χ4v) is 2.76. The summed E-state index contributed by atoms with van der Waals surface area (Å²) in [6.45, 7) is 5.88. The first-order valence-electron chi connectivity index (χ1n) is 7.33. The fraction of sp³-hybridized carbons (Fsp3) is 0.562. The minimum atomic E-state index is -0.873. The first kappa shape index (κ1) is 15.8. The molecule has 0 saturated carbocycles. The molecule has 2 unspecified atom stereocenters. The van der Waals surface area contributed by atoms with Crippen LogP contribution in [0.1, 0.15) is 20.3 Å². The summed E-state index contributed by atoms with van der Waals surface area (Å²) < 4.78 is 18.9. The van der Waals surface area contributed by atoms with Gasteiger partial charge in [-0.15, -0.1) is 0 Å². The summed E-state index contributed by atoms with van der Waals surface area (Å²) in [4.78, 5) is 13.7. The van der Waals surface area contributed by atoms with Crippen LogP contribution in [0, 0.1) is 17.7 Å². The zero-order chi connectivity index (χ0) is 15.4. The Morgan fingerprint density at radius 2 is 2.19 bits per heavy atom. The molecule has 21 heavy (non-hydrogen) atoms. The van der Waals surface area contributed by atoms with E-state index >= 15 is 0 Å². The maximum absolute atomic E-state index is 13.5. The van der Waals surface area contributed by atoms with E-state index in [2.05, 4.69) is 18.7 Å². The van der Waals surface area contributed by atoms with Crippen LogP contribution in [0.2, 0.25) is 0 Å². The Morgan fingerprint density at radius 1 is 1.48 bits per heavy atom. The van der Waals surface area contributed by atoms with Crippen LogP contribution in [0.5, 0.6) is 5.75 Å². The van der Waals surface area contributed by atoms with E-state index in [0.29, 0.717) is 6.04 Å². The van der Waals surface area contributed by atoms with Crippen LogP contribution < -0.4 is 4.74 Å². The second kappa shape index (κ2) is 6.89. The molecular weight excluding hydrogens is 273 g/mol. The first-order valence-corrected chi connectivity index (χ1v) is 7.33. The van der Waals surface area contributed by atoms with Gasteiger partial charge >= 0.3 is 5.97 Å². The van der Waals surface area contributed by atoms with Crippen molar-refractivity contribution in [2.75, 3.05) is 19.7 Å². The molecule has 1 heterocycles. The van der Waals surface area contributed by atoms with E-state index in [1.54, 1.807) is 12.1 Å². The maximum atomic E-state index is 13.5. The Hall–Kier alpha value is -1.62. The minimum Gasteiger partial charge on any atom is -0.490 e. The van der Waals surface area contributed by atoms with Crippen molar-refractivity contribution in [1.29, 1.82) is 0 Å². The van der Waals surface area contributed by atoms with Gasteiger partial charge in [0.05, 0.1) is 5.92 Å². The molecule has 2 atom stereocenters. The lowest BCUT2D eigenvalue weighted by atomic mass is 9.92. The number of halogens is 1. The van der Waals surface area contributed by atoms with Crippen LogP contribution >= 0.6 is 0 Å². The number of carbonyl (C=O) groups is 1. The average molecular weight is 295 g/mol. The fourth-order valence-electron chi connectivity index (χ4n) is 2.76. The van der Waals surface area contributed by atoms with Crippen LogP contribution in [0.3, 0.4) is 0 Å². The van der Waals surface area contributed by atoms with Gasteiger partial charge in [-0.1, -0.05) is 12.1 Å². The van der Waals surface area contributed by atoms with Crippen molar-refractivity contribution in [2.24, 2.45) is 11.8 Å². The quantitative estimate of drug-likeness (QED) is 0.876. The van der Waals surface area contributed by atoms with Crippen LogP contribution in [-0.2, 0) is 4.79 Å². The van der Waals surface area contributed by atoms with Crippen molar-refractivity contribution in [3.8, 4) is 5.75 Å². The maximum Gasteiger partial charge on any atom is 0.310 e. The van der Waals surface area contributed by atoms with Gasteiger partial charge in [0.15, 0.2) is 11.6 Å². The smallest absolute Gasteiger partial charge is 0.310 e. The van der Waals surface area contributed by atoms with Crippen molar-refractivity contribution >= 4 is 5.97 Å². The number of ether oxygens (including phenoxy) is 1. The van der Waals surface area contributed by atoms with Gasteiger partial charge in [0.1, 0.15) is 6.61 Å². The summed E-state index contributed by atoms with van der Waals surface area (Å²) in [5.41, 5.74) is 0. The number of nitrogens with zero attached hydrogens (tertiary/aromatic N) is 1. The van der Waals surface area contributed by atoms with Gasteiger partial charge in [0.25, 0.3) is 0 Å². The Morgan fingerprint density at radius 3 is 2.76 bits per heavy atom. The Kier molecular flexibility index (Phi) is 5.17. The van der Waals surface area contributed by atoms with Gasteiger partial charge in [-0.3, -0.25) is 4.79 Å². The second-order valence-electron chi connectivity index (χ2n) is 5.82. The third-order valence-corrected chi connectivity index (χ3v) is 4.13. The molecule has 1 aliphatic rings. The Bertz CT molecular complexity index is 492. The van der Waals surface area contributed by atoms with E-state index in [4.69, 9.17) is 4.74 Å². The highest BCUT2D eigenvalue weighted by Crippen LogP contribution is 2.27. The number of carboxylic acid groups (broad SMARTS) is 1. The molecule has 0 bridgehead atoms. The summed E-state index contributed by atoms with van der Waals surface area (Å²) >= 11 is 0. The Labute approximate surface area is 124 Å². The van der Waals surface area contributed by atoms with E-state index in [1.165, 1.54) is 12.1 Å². The minimum absolute atomic E-state index is 0.00681. The second-order valence-corrected chi connectivity index (χ2v) is 5.82. The van der Waals surface area contributed by atoms with E-state index < -0.39 is 17.7 Å². The SMILES string of the molecule is CC(C)N1CCC(C(COc2ccccc2F)C(=O)O)C1. The van der Waals surface area contributed by atoms with Crippen molar-refractivity contribution in [3.05, 3.63) is 30.1 Å². The van der Waals surface area contributed by atoms with Gasteiger partial charge in [0.2, 0.25) is 0 Å². The highest BCUT2D eigenvalue weighted by Gasteiger charge is 2.35. The Balaban J connectivity index is 1.97. The molecule has 1 aliphatic heterocycles. The summed E-state index contributed by atoms with van der Waals surface area (Å²) in [6, 6.07) is 6.49. The molecule has 0 aliphatic carbocycles. The number of hydrogen-bond acceptors (Lipinski definition) is 3. The predicted molar refractivity (Wildman–Crippen MR) is 77.8 cm³/mol. The number of carboxylic acids is 1. The summed E-state index contributed by atoms with van der Waals surface area (Å²) in [5, 5.41) is 9.41. The van der Waals surface area contributed by atoms with Gasteiger partial charge in [-0.2, -0.15) is 0 Å². The molecule has 4 nitrogen and oxygen atoms in total. The molecule has 0 radical (unpaired) electrons. The predicted octanol–water partition coefficient (Wildman–Crippen LogP) is 2.64. The molecule has 2 rings (SSSR count).